The van der Waals surface area contributed by atoms with Crippen LogP contribution in [0, 0.1) is 0 Å². The van der Waals surface area contributed by atoms with E-state index in [9.17, 15) is 48.2 Å². The van der Waals surface area contributed by atoms with E-state index in [0.717, 1.165) is 10.8 Å². The summed E-state index contributed by atoms with van der Waals surface area (Å²) in [6.45, 7) is -1.03. The van der Waals surface area contributed by atoms with Gasteiger partial charge in [-0.25, -0.2) is 18.5 Å². The maximum Gasteiger partial charge on any atom is 0.489 e. The molecule has 1 aliphatic heterocycles. The lowest BCUT2D eigenvalue weighted by Gasteiger charge is -2.20. The molecule has 36 heavy (non-hydrogen) atoms. The Hall–Kier alpha value is -1.49. The van der Waals surface area contributed by atoms with E-state index in [1.807, 2.05) is 10.1 Å². The molecule has 2 aromatic rings. The summed E-state index contributed by atoms with van der Waals surface area (Å²) >= 11 is 2.88. The van der Waals surface area contributed by atoms with Crippen molar-refractivity contribution in [1.29, 1.82) is 0 Å². The van der Waals surface area contributed by atoms with Gasteiger partial charge in [0.05, 0.1) is 11.1 Å². The molecule has 200 valence electrons. The molecule has 1 aromatic carbocycles. The van der Waals surface area contributed by atoms with Gasteiger partial charge in [-0.05, 0) is 28.1 Å². The third-order valence-corrected chi connectivity index (χ3v) is 9.34. The smallest absolute Gasteiger partial charge is 0.387 e. The number of halogens is 1. The number of aliphatic hydroxyl groups is 2. The van der Waals surface area contributed by atoms with Crippen LogP contribution in [-0.4, -0.2) is 59.4 Å². The van der Waals surface area contributed by atoms with E-state index in [0.29, 0.717) is 0 Å². The summed E-state index contributed by atoms with van der Waals surface area (Å²) in [4.78, 5) is 54.5. The Morgan fingerprint density at radius 3 is 2.31 bits per heavy atom. The first-order valence-corrected chi connectivity index (χ1v) is 14.9. The lowest BCUT2D eigenvalue weighted by atomic mass is 10.1. The molecule has 1 aliphatic rings. The minimum absolute atomic E-state index is 0.0147. The number of anilines is 1. The van der Waals surface area contributed by atoms with Crippen LogP contribution in [0.25, 0.3) is 0 Å². The van der Waals surface area contributed by atoms with Crippen molar-refractivity contribution < 1.29 is 56.5 Å². The first kappa shape index (κ1) is 29.1. The lowest BCUT2D eigenvalue weighted by Crippen LogP contribution is -2.38. The molecule has 7 atom stereocenters. The van der Waals surface area contributed by atoms with Gasteiger partial charge in [0.15, 0.2) is 6.23 Å². The molecule has 0 bridgehead atoms. The highest BCUT2D eigenvalue weighted by Crippen LogP contribution is 2.67. The van der Waals surface area contributed by atoms with Crippen molar-refractivity contribution in [1.82, 2.24) is 9.55 Å². The maximum absolute atomic E-state index is 12.1. The number of phosphoric ester groups is 1. The molecular formula is C15H19BrN3O14P3. The van der Waals surface area contributed by atoms with Gasteiger partial charge in [0, 0.05) is 11.9 Å². The fourth-order valence-corrected chi connectivity index (χ4v) is 6.95. The van der Waals surface area contributed by atoms with Crippen LogP contribution in [0.5, 0.6) is 0 Å². The summed E-state index contributed by atoms with van der Waals surface area (Å²) in [6, 6.07) is 7.17. The summed E-state index contributed by atoms with van der Waals surface area (Å²) in [5, 5.41) is 22.3. The Kier molecular flexibility index (Phi) is 8.96. The summed E-state index contributed by atoms with van der Waals surface area (Å²) in [5.41, 5.74) is -1.77. The third kappa shape index (κ3) is 7.52. The monoisotopic (exact) mass is 637 g/mol. The second-order valence-electron chi connectivity index (χ2n) is 7.08. The predicted molar refractivity (Wildman–Crippen MR) is 123 cm³/mol. The number of phosphoric acid groups is 2. The van der Waals surface area contributed by atoms with E-state index >= 15 is 0 Å². The summed E-state index contributed by atoms with van der Waals surface area (Å²) < 4.78 is 54.6. The van der Waals surface area contributed by atoms with Crippen LogP contribution >= 0.6 is 39.3 Å². The first-order chi connectivity index (χ1) is 16.6. The largest absolute Gasteiger partial charge is 0.489 e. The quantitative estimate of drug-likeness (QED) is 0.174. The molecule has 3 rings (SSSR count). The highest BCUT2D eigenvalue weighted by molar-refractivity contribution is 9.10. The molecule has 1 aromatic heterocycles. The highest BCUT2D eigenvalue weighted by Gasteiger charge is 2.47. The zero-order valence-electron chi connectivity index (χ0n) is 17.6. The molecule has 1 saturated heterocycles. The molecule has 0 spiro atoms. The van der Waals surface area contributed by atoms with Crippen LogP contribution in [0.1, 0.15) is 6.23 Å². The maximum atomic E-state index is 12.1. The Morgan fingerprint density at radius 2 is 1.67 bits per heavy atom. The molecule has 2 heterocycles. The van der Waals surface area contributed by atoms with Crippen molar-refractivity contribution in [2.24, 2.45) is 0 Å². The van der Waals surface area contributed by atoms with E-state index in [1.165, 1.54) is 24.3 Å². The van der Waals surface area contributed by atoms with Crippen LogP contribution in [0.2, 0.25) is 0 Å². The number of ether oxygens (including phenoxy) is 1. The Balaban J connectivity index is 1.63. The van der Waals surface area contributed by atoms with Gasteiger partial charge in [-0.15, -0.1) is 0 Å². The van der Waals surface area contributed by atoms with Gasteiger partial charge in [0.2, 0.25) is 0 Å². The van der Waals surface area contributed by atoms with Gasteiger partial charge >= 0.3 is 29.1 Å². The van der Waals surface area contributed by atoms with Gasteiger partial charge in [0.1, 0.15) is 18.3 Å². The number of nitrogens with one attached hydrogen (secondary N) is 2. The molecule has 0 saturated carbocycles. The predicted octanol–water partition coefficient (Wildman–Crippen LogP) is 0.381. The molecule has 7 N–H and O–H groups in total. The van der Waals surface area contributed by atoms with Crippen molar-refractivity contribution in [3.8, 4) is 0 Å². The molecule has 3 unspecified atom stereocenters. The normalized spacial score (nSPS) is 27.1. The number of rotatable bonds is 10. The van der Waals surface area contributed by atoms with Crippen LogP contribution in [-0.2, 0) is 31.6 Å². The van der Waals surface area contributed by atoms with Crippen molar-refractivity contribution in [3.63, 3.8) is 0 Å². The summed E-state index contributed by atoms with van der Waals surface area (Å²) in [6.07, 6.45) is -5.73. The average Bonchev–Trinajstić information content (AvgIpc) is 3.02. The Labute approximate surface area is 209 Å². The van der Waals surface area contributed by atoms with Gasteiger partial charge in [-0.2, -0.15) is 8.62 Å². The molecule has 0 aliphatic carbocycles. The fraction of sp³-hybridized carbons (Fsp3) is 0.333. The second kappa shape index (κ2) is 11.1. The molecule has 17 nitrogen and oxygen atoms in total. The number of hydrogen-bond acceptors (Lipinski definition) is 11. The van der Waals surface area contributed by atoms with E-state index in [2.05, 4.69) is 29.1 Å². The molecular weight excluding hydrogens is 619 g/mol. The highest BCUT2D eigenvalue weighted by atomic mass is 79.9. The number of aliphatic hydroxyl groups excluding tert-OH is 2. The second-order valence-corrected chi connectivity index (χ2v) is 12.6. The average molecular weight is 638 g/mol. The van der Waals surface area contributed by atoms with Gasteiger partial charge < -0.3 is 29.6 Å². The number of aromatic nitrogens is 2. The fourth-order valence-electron chi connectivity index (χ4n) is 2.92. The van der Waals surface area contributed by atoms with Crippen LogP contribution in [0.4, 0.5) is 5.69 Å². The minimum atomic E-state index is -5.69. The van der Waals surface area contributed by atoms with E-state index in [1.54, 1.807) is 6.07 Å². The van der Waals surface area contributed by atoms with Crippen molar-refractivity contribution in [2.75, 3.05) is 11.7 Å². The number of nitrogens with zero attached hydrogens (tertiary/aromatic N) is 1. The first-order valence-electron chi connectivity index (χ1n) is 9.51. The third-order valence-electron chi connectivity index (χ3n) is 4.40. The van der Waals surface area contributed by atoms with Crippen molar-refractivity contribution >= 4 is 45.0 Å². The topological polar surface area (TPSA) is 256 Å². The van der Waals surface area contributed by atoms with E-state index in [4.69, 9.17) is 4.74 Å². The number of benzene rings is 1. The zero-order valence-corrected chi connectivity index (χ0v) is 21.8. The zero-order chi connectivity index (χ0) is 26.9. The molecule has 0 radical (unpaired) electrons. The molecule has 0 amide bonds. The van der Waals surface area contributed by atoms with E-state index < -0.39 is 65.8 Å². The SMILES string of the molecule is O=c1[nH]c(=O)n([C@@H]2O[C@H](COP(=O)(O)OP(=O)(O)OP(=O)(O)Nc3ccccc3)[C@@H](O)[C@H]2O)cc1Br. The lowest BCUT2D eigenvalue weighted by molar-refractivity contribution is -0.0543. The number of H-pyrrole nitrogens is 1. The van der Waals surface area contributed by atoms with Crippen LogP contribution in [0.15, 0.2) is 50.6 Å². The minimum Gasteiger partial charge on any atom is -0.387 e. The Morgan fingerprint density at radius 1 is 1.03 bits per heavy atom. The van der Waals surface area contributed by atoms with Crippen molar-refractivity contribution in [3.05, 3.63) is 61.8 Å². The van der Waals surface area contributed by atoms with Crippen molar-refractivity contribution in [2.45, 2.75) is 24.5 Å². The van der Waals surface area contributed by atoms with Crippen LogP contribution < -0.4 is 16.3 Å². The van der Waals surface area contributed by atoms with E-state index in [-0.39, 0.29) is 10.2 Å². The summed E-state index contributed by atoms with van der Waals surface area (Å²) in [5.74, 6) is 0. The summed E-state index contributed by atoms with van der Waals surface area (Å²) in [7, 11) is -16.2. The number of para-hydroxylation sites is 1. The number of aromatic amines is 1. The van der Waals surface area contributed by atoms with Gasteiger partial charge in [-0.3, -0.25) is 24.0 Å². The standard InChI is InChI=1S/C15H19BrN3O14P3/c16-9-6-19(15(23)17-13(9)22)14-12(21)11(20)10(31-14)7-30-35(26,27)33-36(28,29)32-34(24,25)18-8-4-2-1-3-5-8/h1-6,10-12,14,20-21H,7H2,(H,26,27)(H,28,29)(H,17,22,23)(H2,18,24,25)/t10-,11-,12-,14-/m1/s1. The molecule has 21 heteroatoms. The van der Waals surface area contributed by atoms with Crippen LogP contribution in [0.3, 0.4) is 0 Å². The van der Waals surface area contributed by atoms with Gasteiger partial charge in [-0.1, -0.05) is 18.2 Å². The molecule has 1 fully saturated rings. The number of hydrogen-bond donors (Lipinski definition) is 7. The van der Waals surface area contributed by atoms with Gasteiger partial charge in [0.25, 0.3) is 5.56 Å². The Bertz CT molecular complexity index is 1350.